The average Bonchev–Trinajstić information content (AvgIpc) is 3.28. The molecule has 4 unspecified atom stereocenters. The third kappa shape index (κ3) is 9.34. The van der Waals surface area contributed by atoms with E-state index in [2.05, 4.69) is 33.6 Å². The number of benzene rings is 1. The van der Waals surface area contributed by atoms with Crippen LogP contribution in [0, 0.1) is 5.92 Å². The number of carboxylic acid groups (broad SMARTS) is 1. The molecule has 1 heterocycles. The number of H-pyrrole nitrogens is 1. The second-order valence-corrected chi connectivity index (χ2v) is 10.2. The number of carboxylic acids is 1. The van der Waals surface area contributed by atoms with E-state index >= 15 is 0 Å². The Morgan fingerprint density at radius 3 is 2.24 bits per heavy atom. The summed E-state index contributed by atoms with van der Waals surface area (Å²) in [6, 6.07) is 3.49. The first-order valence-corrected chi connectivity index (χ1v) is 13.5. The highest BCUT2D eigenvalue weighted by Gasteiger charge is 2.30. The van der Waals surface area contributed by atoms with Crippen LogP contribution in [0.3, 0.4) is 0 Å². The second-order valence-electron chi connectivity index (χ2n) is 9.79. The molecule has 0 aliphatic heterocycles. The maximum atomic E-state index is 13.4. The van der Waals surface area contributed by atoms with Gasteiger partial charge < -0.3 is 37.5 Å². The van der Waals surface area contributed by atoms with Crippen molar-refractivity contribution in [3.63, 3.8) is 0 Å². The number of rotatable bonds is 16. The first-order valence-electron chi connectivity index (χ1n) is 12.8. The molecule has 1 aromatic carbocycles. The van der Waals surface area contributed by atoms with E-state index in [1.54, 1.807) is 6.20 Å². The Kier molecular flexibility index (Phi) is 12.6. The molecule has 0 aliphatic carbocycles. The number of nitrogens with one attached hydrogen (secondary N) is 4. The normalized spacial score (nSPS) is 14.5. The lowest BCUT2D eigenvalue weighted by Gasteiger charge is -2.25. The summed E-state index contributed by atoms with van der Waals surface area (Å²) >= 11 is 4.18. The first-order chi connectivity index (χ1) is 18.1. The Hall–Kier alpha value is -3.09. The van der Waals surface area contributed by atoms with Crippen molar-refractivity contribution in [2.75, 3.05) is 12.3 Å². The van der Waals surface area contributed by atoms with Gasteiger partial charge in [-0.1, -0.05) is 38.5 Å². The molecule has 0 radical (unpaired) electrons. The minimum Gasteiger partial charge on any atom is -0.480 e. The number of unbranched alkanes of at least 4 members (excludes halogenated alkanes) is 1. The predicted molar refractivity (Wildman–Crippen MR) is 150 cm³/mol. The quantitative estimate of drug-likeness (QED) is 0.112. The number of thiol groups is 1. The fourth-order valence-electron chi connectivity index (χ4n) is 4.08. The highest BCUT2D eigenvalue weighted by molar-refractivity contribution is 7.80. The van der Waals surface area contributed by atoms with Gasteiger partial charge in [-0.2, -0.15) is 12.6 Å². The number of aliphatic carboxylic acids is 1. The van der Waals surface area contributed by atoms with Gasteiger partial charge in [0.15, 0.2) is 0 Å². The number of carbonyl (C=O) groups is 4. The van der Waals surface area contributed by atoms with Crippen LogP contribution in [0.1, 0.15) is 45.1 Å². The standard InChI is InChI=1S/C26H40N6O5S/c1-15(2)11-21(26(36)37)31-25(35)22(14-38)32-24(34)20(30-23(33)18(28)8-5-6-10-27)12-16-13-29-19-9-4-3-7-17(16)19/h3-4,7,9,13,15,18,20-22,29,38H,5-6,8,10-12,14,27-28H2,1-2H3,(H,30,33)(H,31,35)(H,32,34)(H,36,37). The van der Waals surface area contributed by atoms with Crippen LogP contribution in [0.4, 0.5) is 0 Å². The van der Waals surface area contributed by atoms with Crippen LogP contribution in [-0.4, -0.2) is 70.2 Å². The van der Waals surface area contributed by atoms with Crippen LogP contribution < -0.4 is 27.4 Å². The number of aromatic amines is 1. The van der Waals surface area contributed by atoms with Crippen molar-refractivity contribution in [3.05, 3.63) is 36.0 Å². The van der Waals surface area contributed by atoms with Crippen LogP contribution in [0.25, 0.3) is 10.9 Å². The first kappa shape index (κ1) is 31.1. The smallest absolute Gasteiger partial charge is 0.326 e. The van der Waals surface area contributed by atoms with E-state index in [0.29, 0.717) is 19.4 Å². The maximum absolute atomic E-state index is 13.4. The largest absolute Gasteiger partial charge is 0.480 e. The topological polar surface area (TPSA) is 192 Å². The SMILES string of the molecule is CC(C)CC(NC(=O)C(CS)NC(=O)C(Cc1c[nH]c2ccccc12)NC(=O)C(N)CCCCN)C(=O)O. The van der Waals surface area contributed by atoms with Gasteiger partial charge in [0.1, 0.15) is 18.1 Å². The van der Waals surface area contributed by atoms with Crippen molar-refractivity contribution in [2.24, 2.45) is 17.4 Å². The van der Waals surface area contributed by atoms with Gasteiger partial charge >= 0.3 is 5.97 Å². The van der Waals surface area contributed by atoms with Crippen molar-refractivity contribution in [1.82, 2.24) is 20.9 Å². The van der Waals surface area contributed by atoms with Crippen molar-refractivity contribution in [3.8, 4) is 0 Å². The van der Waals surface area contributed by atoms with E-state index in [1.165, 1.54) is 0 Å². The second kappa shape index (κ2) is 15.4. The molecule has 11 nitrogen and oxygen atoms in total. The van der Waals surface area contributed by atoms with Gasteiger partial charge in [0.25, 0.3) is 0 Å². The molecule has 0 fully saturated rings. The minimum absolute atomic E-state index is 0.0327. The van der Waals surface area contributed by atoms with Gasteiger partial charge in [-0.3, -0.25) is 14.4 Å². The van der Waals surface area contributed by atoms with Crippen molar-refractivity contribution >= 4 is 47.2 Å². The fourth-order valence-corrected chi connectivity index (χ4v) is 4.34. The third-order valence-corrected chi connectivity index (χ3v) is 6.54. The number of amides is 3. The monoisotopic (exact) mass is 548 g/mol. The fraction of sp³-hybridized carbons (Fsp3) is 0.538. The van der Waals surface area contributed by atoms with Gasteiger partial charge in [0, 0.05) is 29.3 Å². The van der Waals surface area contributed by atoms with E-state index < -0.39 is 47.9 Å². The van der Waals surface area contributed by atoms with Gasteiger partial charge in [-0.15, -0.1) is 0 Å². The summed E-state index contributed by atoms with van der Waals surface area (Å²) < 4.78 is 0. The van der Waals surface area contributed by atoms with E-state index in [9.17, 15) is 24.3 Å². The number of hydrogen-bond acceptors (Lipinski definition) is 7. The van der Waals surface area contributed by atoms with E-state index in [-0.39, 0.29) is 24.5 Å². The summed E-state index contributed by atoms with van der Waals surface area (Å²) in [7, 11) is 0. The molecule has 38 heavy (non-hydrogen) atoms. The Labute approximate surface area is 228 Å². The molecule has 3 amide bonds. The van der Waals surface area contributed by atoms with E-state index in [4.69, 9.17) is 11.5 Å². The zero-order valence-electron chi connectivity index (χ0n) is 21.9. The molecule has 0 saturated heterocycles. The van der Waals surface area contributed by atoms with Gasteiger partial charge in [0.2, 0.25) is 17.7 Å². The van der Waals surface area contributed by atoms with Crippen LogP contribution >= 0.6 is 12.6 Å². The Bertz CT molecular complexity index is 1090. The van der Waals surface area contributed by atoms with Crippen LogP contribution in [-0.2, 0) is 25.6 Å². The lowest BCUT2D eigenvalue weighted by Crippen LogP contribution is -2.58. The number of fused-ring (bicyclic) bond motifs is 1. The molecule has 2 rings (SSSR count). The molecule has 1 aromatic heterocycles. The Morgan fingerprint density at radius 1 is 0.974 bits per heavy atom. The number of hydrogen-bond donors (Lipinski definition) is 8. The maximum Gasteiger partial charge on any atom is 0.326 e. The molecule has 4 atom stereocenters. The van der Waals surface area contributed by atoms with Gasteiger partial charge in [0.05, 0.1) is 6.04 Å². The van der Waals surface area contributed by atoms with Crippen LogP contribution in [0.15, 0.2) is 30.5 Å². The summed E-state index contributed by atoms with van der Waals surface area (Å²) in [5.74, 6) is -2.97. The molecule has 0 aliphatic rings. The number of para-hydroxylation sites is 1. The lowest BCUT2D eigenvalue weighted by molar-refractivity contribution is -0.142. The Morgan fingerprint density at radius 2 is 1.61 bits per heavy atom. The average molecular weight is 549 g/mol. The van der Waals surface area contributed by atoms with Gasteiger partial charge in [-0.05, 0) is 43.4 Å². The zero-order chi connectivity index (χ0) is 28.2. The molecular weight excluding hydrogens is 508 g/mol. The van der Waals surface area contributed by atoms with Crippen LogP contribution in [0.2, 0.25) is 0 Å². The van der Waals surface area contributed by atoms with E-state index in [0.717, 1.165) is 22.9 Å². The number of carbonyl (C=O) groups excluding carboxylic acids is 3. The zero-order valence-corrected chi connectivity index (χ0v) is 22.8. The molecule has 0 spiro atoms. The van der Waals surface area contributed by atoms with Gasteiger partial charge in [-0.25, -0.2) is 4.79 Å². The molecule has 12 heteroatoms. The summed E-state index contributed by atoms with van der Waals surface area (Å²) in [4.78, 5) is 53.8. The van der Waals surface area contributed by atoms with E-state index in [1.807, 2.05) is 38.1 Å². The van der Waals surface area contributed by atoms with Crippen molar-refractivity contribution < 1.29 is 24.3 Å². The molecular formula is C26H40N6O5S. The highest BCUT2D eigenvalue weighted by atomic mass is 32.1. The molecule has 9 N–H and O–H groups in total. The van der Waals surface area contributed by atoms with Crippen molar-refractivity contribution in [2.45, 2.75) is 70.1 Å². The number of aromatic nitrogens is 1. The number of nitrogens with two attached hydrogens (primary N) is 2. The summed E-state index contributed by atoms with van der Waals surface area (Å²) in [5, 5.41) is 18.2. The minimum atomic E-state index is -1.16. The lowest BCUT2D eigenvalue weighted by atomic mass is 10.0. The summed E-state index contributed by atoms with van der Waals surface area (Å²) in [6.45, 7) is 4.18. The summed E-state index contributed by atoms with van der Waals surface area (Å²) in [5.41, 5.74) is 13.2. The third-order valence-electron chi connectivity index (χ3n) is 6.18. The summed E-state index contributed by atoms with van der Waals surface area (Å²) in [6.07, 6.45) is 3.96. The molecule has 2 aromatic rings. The van der Waals surface area contributed by atoms with Crippen LogP contribution in [0.5, 0.6) is 0 Å². The Balaban J connectivity index is 2.20. The molecule has 0 saturated carbocycles. The highest BCUT2D eigenvalue weighted by Crippen LogP contribution is 2.19. The molecule has 0 bridgehead atoms. The predicted octanol–water partition coefficient (Wildman–Crippen LogP) is 0.682. The van der Waals surface area contributed by atoms with Crippen molar-refractivity contribution in [1.29, 1.82) is 0 Å². The molecule has 210 valence electrons.